The summed E-state index contributed by atoms with van der Waals surface area (Å²) in [5.41, 5.74) is 7.96. The Morgan fingerprint density at radius 1 is 1.18 bits per heavy atom. The van der Waals surface area contributed by atoms with Crippen molar-refractivity contribution in [1.29, 1.82) is 0 Å². The zero-order chi connectivity index (χ0) is 15.0. The molecule has 1 unspecified atom stereocenters. The van der Waals surface area contributed by atoms with Gasteiger partial charge in [0.25, 0.3) is 0 Å². The fraction of sp³-hybridized carbons (Fsp3) is 0.562. The molecule has 1 rings (SSSR count). The first-order valence-electron chi connectivity index (χ1n) is 7.39. The Morgan fingerprint density at radius 3 is 2.23 bits per heavy atom. The molecular formula is C16H29Cl2N3O. The van der Waals surface area contributed by atoms with Crippen LogP contribution in [0.25, 0.3) is 0 Å². The summed E-state index contributed by atoms with van der Waals surface area (Å²) in [4.78, 5) is 14.2. The minimum Gasteiger partial charge on any atom is -0.352 e. The number of nitrogens with one attached hydrogen (secondary N) is 1. The number of nitrogens with zero attached hydrogens (tertiary/aromatic N) is 1. The van der Waals surface area contributed by atoms with Crippen molar-refractivity contribution >= 4 is 30.7 Å². The lowest BCUT2D eigenvalue weighted by Crippen LogP contribution is -2.33. The fourth-order valence-electron chi connectivity index (χ4n) is 2.04. The van der Waals surface area contributed by atoms with Crippen LogP contribution in [0.5, 0.6) is 0 Å². The van der Waals surface area contributed by atoms with Crippen molar-refractivity contribution in [2.24, 2.45) is 11.7 Å². The van der Waals surface area contributed by atoms with Crippen molar-refractivity contribution in [2.45, 2.75) is 33.9 Å². The van der Waals surface area contributed by atoms with Crippen molar-refractivity contribution in [3.8, 4) is 0 Å². The highest BCUT2D eigenvalue weighted by Gasteiger charge is 2.11. The highest BCUT2D eigenvalue weighted by atomic mass is 35.5. The molecular weight excluding hydrogens is 321 g/mol. The summed E-state index contributed by atoms with van der Waals surface area (Å²) in [5, 5.41) is 2.96. The maximum atomic E-state index is 11.8. The summed E-state index contributed by atoms with van der Waals surface area (Å²) in [6, 6.07) is 8.27. The van der Waals surface area contributed by atoms with E-state index in [1.54, 1.807) is 0 Å². The molecule has 1 aromatic rings. The zero-order valence-electron chi connectivity index (χ0n) is 13.7. The van der Waals surface area contributed by atoms with Crippen LogP contribution in [0, 0.1) is 5.92 Å². The largest absolute Gasteiger partial charge is 0.352 e. The molecule has 3 N–H and O–H groups in total. The van der Waals surface area contributed by atoms with Gasteiger partial charge in [0.15, 0.2) is 0 Å². The predicted molar refractivity (Wildman–Crippen MR) is 97.6 cm³/mol. The molecule has 6 heteroatoms. The molecule has 0 saturated carbocycles. The van der Waals surface area contributed by atoms with Crippen LogP contribution in [0.4, 0.5) is 0 Å². The molecule has 1 amide bonds. The lowest BCUT2D eigenvalue weighted by atomic mass is 10.1. The number of carbonyl (C=O) groups excluding carboxylic acids is 1. The Morgan fingerprint density at radius 2 is 1.73 bits per heavy atom. The monoisotopic (exact) mass is 349 g/mol. The van der Waals surface area contributed by atoms with Gasteiger partial charge in [-0.3, -0.25) is 9.69 Å². The number of hydrogen-bond donors (Lipinski definition) is 2. The number of rotatable bonds is 8. The van der Waals surface area contributed by atoms with E-state index >= 15 is 0 Å². The van der Waals surface area contributed by atoms with E-state index < -0.39 is 0 Å². The molecule has 0 saturated heterocycles. The fourth-order valence-corrected chi connectivity index (χ4v) is 2.04. The number of nitrogens with two attached hydrogens (primary N) is 1. The predicted octanol–water partition coefficient (Wildman–Crippen LogP) is 2.58. The van der Waals surface area contributed by atoms with Gasteiger partial charge in [0.2, 0.25) is 5.91 Å². The highest BCUT2D eigenvalue weighted by Crippen LogP contribution is 2.12. The molecule has 0 bridgehead atoms. The molecule has 0 aliphatic carbocycles. The second-order valence-electron chi connectivity index (χ2n) is 5.08. The molecule has 0 aromatic heterocycles. The standard InChI is InChI=1S/C16H27N3O.2ClH/c1-4-19(5-2)12-15-9-7-6-8-14(15)11-18-16(20)13(3)10-17;;/h6-9,13H,4-5,10-12,17H2,1-3H3,(H,18,20);2*1H. The molecule has 0 heterocycles. The van der Waals surface area contributed by atoms with Crippen molar-refractivity contribution in [1.82, 2.24) is 10.2 Å². The first-order chi connectivity index (χ1) is 9.62. The van der Waals surface area contributed by atoms with Gasteiger partial charge in [-0.05, 0) is 24.2 Å². The van der Waals surface area contributed by atoms with Crippen LogP contribution in [0.1, 0.15) is 31.9 Å². The van der Waals surface area contributed by atoms with E-state index in [0.29, 0.717) is 13.1 Å². The third kappa shape index (κ3) is 7.45. The summed E-state index contributed by atoms with van der Waals surface area (Å²) in [7, 11) is 0. The summed E-state index contributed by atoms with van der Waals surface area (Å²) in [6.07, 6.45) is 0. The van der Waals surface area contributed by atoms with Crippen molar-refractivity contribution in [3.05, 3.63) is 35.4 Å². The molecule has 0 aliphatic rings. The van der Waals surface area contributed by atoms with E-state index in [0.717, 1.165) is 19.6 Å². The first kappa shape index (κ1) is 23.5. The number of amides is 1. The van der Waals surface area contributed by atoms with Gasteiger partial charge < -0.3 is 11.1 Å². The summed E-state index contributed by atoms with van der Waals surface area (Å²) >= 11 is 0. The molecule has 1 atom stereocenters. The molecule has 22 heavy (non-hydrogen) atoms. The maximum absolute atomic E-state index is 11.8. The average molecular weight is 350 g/mol. The molecule has 4 nitrogen and oxygen atoms in total. The molecule has 0 spiro atoms. The van der Waals surface area contributed by atoms with Crippen LogP contribution in [-0.2, 0) is 17.9 Å². The Labute approximate surface area is 146 Å². The Hall–Kier alpha value is -0.810. The quantitative estimate of drug-likeness (QED) is 0.758. The van der Waals surface area contributed by atoms with E-state index in [1.165, 1.54) is 11.1 Å². The Bertz CT molecular complexity index is 426. The van der Waals surface area contributed by atoms with Gasteiger partial charge in [0.05, 0.1) is 0 Å². The minimum absolute atomic E-state index is 0. The van der Waals surface area contributed by atoms with Gasteiger partial charge in [-0.15, -0.1) is 24.8 Å². The molecule has 128 valence electrons. The third-order valence-corrected chi connectivity index (χ3v) is 3.66. The number of hydrogen-bond acceptors (Lipinski definition) is 3. The van der Waals surface area contributed by atoms with Gasteiger partial charge in [0, 0.05) is 25.6 Å². The van der Waals surface area contributed by atoms with E-state index in [1.807, 2.05) is 19.1 Å². The van der Waals surface area contributed by atoms with E-state index in [4.69, 9.17) is 5.73 Å². The van der Waals surface area contributed by atoms with Crippen LogP contribution >= 0.6 is 24.8 Å². The maximum Gasteiger partial charge on any atom is 0.224 e. The van der Waals surface area contributed by atoms with Crippen LogP contribution in [0.2, 0.25) is 0 Å². The van der Waals surface area contributed by atoms with Gasteiger partial charge >= 0.3 is 0 Å². The van der Waals surface area contributed by atoms with Crippen LogP contribution in [-0.4, -0.2) is 30.4 Å². The van der Waals surface area contributed by atoms with Gasteiger partial charge in [-0.1, -0.05) is 45.0 Å². The second-order valence-corrected chi connectivity index (χ2v) is 5.08. The number of halogens is 2. The van der Waals surface area contributed by atoms with E-state index in [2.05, 4.69) is 36.2 Å². The summed E-state index contributed by atoms with van der Waals surface area (Å²) < 4.78 is 0. The van der Waals surface area contributed by atoms with Crippen molar-refractivity contribution in [3.63, 3.8) is 0 Å². The van der Waals surface area contributed by atoms with Gasteiger partial charge in [0.1, 0.15) is 0 Å². The Balaban J connectivity index is 0. The van der Waals surface area contributed by atoms with Crippen LogP contribution in [0.15, 0.2) is 24.3 Å². The minimum atomic E-state index is -0.134. The van der Waals surface area contributed by atoms with Crippen LogP contribution < -0.4 is 11.1 Å². The van der Waals surface area contributed by atoms with Crippen molar-refractivity contribution < 1.29 is 4.79 Å². The molecule has 0 aliphatic heterocycles. The zero-order valence-corrected chi connectivity index (χ0v) is 15.3. The lowest BCUT2D eigenvalue weighted by molar-refractivity contribution is -0.124. The summed E-state index contributed by atoms with van der Waals surface area (Å²) in [6.45, 7) is 10.1. The topological polar surface area (TPSA) is 58.4 Å². The lowest BCUT2D eigenvalue weighted by Gasteiger charge is -2.20. The molecule has 0 radical (unpaired) electrons. The van der Waals surface area contributed by atoms with Crippen molar-refractivity contribution in [2.75, 3.05) is 19.6 Å². The molecule has 1 aromatic carbocycles. The van der Waals surface area contributed by atoms with Gasteiger partial charge in [-0.25, -0.2) is 0 Å². The van der Waals surface area contributed by atoms with Crippen LogP contribution in [0.3, 0.4) is 0 Å². The summed E-state index contributed by atoms with van der Waals surface area (Å²) in [5.74, 6) is -0.116. The number of carbonyl (C=O) groups is 1. The average Bonchev–Trinajstić information content (AvgIpc) is 2.50. The first-order valence-corrected chi connectivity index (χ1v) is 7.39. The third-order valence-electron chi connectivity index (χ3n) is 3.66. The normalized spacial score (nSPS) is 11.3. The second kappa shape index (κ2) is 12.7. The SMILES string of the molecule is CCN(CC)Cc1ccccc1CNC(=O)C(C)CN.Cl.Cl. The smallest absolute Gasteiger partial charge is 0.224 e. The van der Waals surface area contributed by atoms with E-state index in [-0.39, 0.29) is 36.6 Å². The number of benzene rings is 1. The Kier molecular flexibility index (Phi) is 13.5. The van der Waals surface area contributed by atoms with Gasteiger partial charge in [-0.2, -0.15) is 0 Å². The van der Waals surface area contributed by atoms with E-state index in [9.17, 15) is 4.79 Å². The molecule has 0 fully saturated rings. The highest BCUT2D eigenvalue weighted by molar-refractivity contribution is 5.85.